The van der Waals surface area contributed by atoms with Gasteiger partial charge in [-0.25, -0.2) is 0 Å². The Morgan fingerprint density at radius 1 is 1.05 bits per heavy atom. The second kappa shape index (κ2) is 5.59. The van der Waals surface area contributed by atoms with E-state index in [4.69, 9.17) is 0 Å². The number of hydrogen-bond acceptors (Lipinski definition) is 4. The van der Waals surface area contributed by atoms with Crippen LogP contribution in [0.25, 0.3) is 0 Å². The number of amides is 2. The van der Waals surface area contributed by atoms with Crippen LogP contribution in [0.2, 0.25) is 0 Å². The molecule has 3 aliphatic rings. The summed E-state index contributed by atoms with van der Waals surface area (Å²) in [5, 5.41) is 6.71. The molecule has 0 radical (unpaired) electrons. The summed E-state index contributed by atoms with van der Waals surface area (Å²) < 4.78 is 0. The number of piperidine rings is 1. The van der Waals surface area contributed by atoms with Gasteiger partial charge in [0.1, 0.15) is 0 Å². The van der Waals surface area contributed by atoms with Gasteiger partial charge in [-0.3, -0.25) is 14.5 Å². The number of carbonyl (C=O) groups excluding carboxylic acids is 2. The summed E-state index contributed by atoms with van der Waals surface area (Å²) in [5.74, 6) is 0.0544. The van der Waals surface area contributed by atoms with E-state index in [1.54, 1.807) is 4.90 Å². The molecule has 5 nitrogen and oxygen atoms in total. The number of hydrogen-bond donors (Lipinski definition) is 2. The van der Waals surface area contributed by atoms with Gasteiger partial charge in [-0.15, -0.1) is 0 Å². The first-order valence-electron chi connectivity index (χ1n) is 7.58. The van der Waals surface area contributed by atoms with Gasteiger partial charge in [0, 0.05) is 12.1 Å². The average Bonchev–Trinajstić information content (AvgIpc) is 3.01. The summed E-state index contributed by atoms with van der Waals surface area (Å²) in [6, 6.07) is 0.294. The standard InChI is InChI=1S/C14H23N3O2/c18-13-9-12(16-10-5-7-15-8-6-10)14(19)17(13)11-3-1-2-4-11/h10-12,15-16H,1-9H2. The molecular formula is C14H23N3O2. The molecule has 2 amide bonds. The van der Waals surface area contributed by atoms with Gasteiger partial charge in [0.15, 0.2) is 0 Å². The lowest BCUT2D eigenvalue weighted by Gasteiger charge is -2.27. The fraction of sp³-hybridized carbons (Fsp3) is 0.857. The fourth-order valence-corrected chi connectivity index (χ4v) is 3.60. The van der Waals surface area contributed by atoms with E-state index in [0.717, 1.165) is 51.6 Å². The van der Waals surface area contributed by atoms with Crippen molar-refractivity contribution in [2.24, 2.45) is 0 Å². The zero-order chi connectivity index (χ0) is 13.2. The lowest BCUT2D eigenvalue weighted by Crippen LogP contribution is -2.48. The molecule has 106 valence electrons. The minimum absolute atomic E-state index is 0.0235. The van der Waals surface area contributed by atoms with Crippen molar-refractivity contribution in [2.45, 2.75) is 63.1 Å². The molecule has 3 fully saturated rings. The average molecular weight is 265 g/mol. The Labute approximate surface area is 114 Å². The molecule has 19 heavy (non-hydrogen) atoms. The first-order chi connectivity index (χ1) is 9.25. The van der Waals surface area contributed by atoms with Crippen LogP contribution >= 0.6 is 0 Å². The van der Waals surface area contributed by atoms with Crippen LogP contribution < -0.4 is 10.6 Å². The molecule has 0 aromatic carbocycles. The summed E-state index contributed by atoms with van der Waals surface area (Å²) in [5.41, 5.74) is 0. The monoisotopic (exact) mass is 265 g/mol. The minimum atomic E-state index is -0.267. The van der Waals surface area contributed by atoms with Gasteiger partial charge in [-0.2, -0.15) is 0 Å². The molecule has 5 heteroatoms. The highest BCUT2D eigenvalue weighted by molar-refractivity contribution is 6.05. The molecule has 1 unspecified atom stereocenters. The molecule has 1 aliphatic carbocycles. The van der Waals surface area contributed by atoms with Crippen LogP contribution in [0.4, 0.5) is 0 Å². The third-order valence-corrected chi connectivity index (χ3v) is 4.65. The summed E-state index contributed by atoms with van der Waals surface area (Å²) in [6.45, 7) is 2.00. The molecule has 2 N–H and O–H groups in total. The summed E-state index contributed by atoms with van der Waals surface area (Å²) in [4.78, 5) is 26.0. The van der Waals surface area contributed by atoms with E-state index in [0.29, 0.717) is 12.5 Å². The van der Waals surface area contributed by atoms with Gasteiger partial charge in [0.2, 0.25) is 11.8 Å². The smallest absolute Gasteiger partial charge is 0.247 e. The molecule has 0 bridgehead atoms. The summed E-state index contributed by atoms with van der Waals surface area (Å²) >= 11 is 0. The van der Waals surface area contributed by atoms with Crippen molar-refractivity contribution in [3.63, 3.8) is 0 Å². The van der Waals surface area contributed by atoms with Gasteiger partial charge in [0.05, 0.1) is 12.5 Å². The second-order valence-corrected chi connectivity index (χ2v) is 5.99. The van der Waals surface area contributed by atoms with E-state index >= 15 is 0 Å². The highest BCUT2D eigenvalue weighted by Gasteiger charge is 2.43. The van der Waals surface area contributed by atoms with Crippen LogP contribution in [-0.4, -0.2) is 47.9 Å². The number of imide groups is 1. The molecule has 0 spiro atoms. The number of rotatable bonds is 3. The van der Waals surface area contributed by atoms with Crippen LogP contribution in [0, 0.1) is 0 Å². The van der Waals surface area contributed by atoms with Gasteiger partial charge in [-0.05, 0) is 38.8 Å². The van der Waals surface area contributed by atoms with Gasteiger partial charge >= 0.3 is 0 Å². The van der Waals surface area contributed by atoms with Crippen LogP contribution in [0.3, 0.4) is 0 Å². The number of carbonyl (C=O) groups is 2. The van der Waals surface area contributed by atoms with E-state index < -0.39 is 0 Å². The third-order valence-electron chi connectivity index (χ3n) is 4.65. The van der Waals surface area contributed by atoms with E-state index in [9.17, 15) is 9.59 Å². The minimum Gasteiger partial charge on any atom is -0.317 e. The SMILES string of the molecule is O=C1CC(NC2CCNCC2)C(=O)N1C1CCCC1. The summed E-state index contributed by atoms with van der Waals surface area (Å²) in [6.07, 6.45) is 6.74. The Bertz CT molecular complexity index is 360. The van der Waals surface area contributed by atoms with Crippen LogP contribution in [0.15, 0.2) is 0 Å². The van der Waals surface area contributed by atoms with E-state index in [-0.39, 0.29) is 23.9 Å². The van der Waals surface area contributed by atoms with Crippen molar-refractivity contribution < 1.29 is 9.59 Å². The Morgan fingerprint density at radius 3 is 2.42 bits per heavy atom. The van der Waals surface area contributed by atoms with Crippen molar-refractivity contribution in [1.29, 1.82) is 0 Å². The molecule has 3 rings (SSSR count). The first-order valence-corrected chi connectivity index (χ1v) is 7.58. The predicted octanol–water partition coefficient (Wildman–Crippen LogP) is 0.398. The summed E-state index contributed by atoms with van der Waals surface area (Å²) in [7, 11) is 0. The van der Waals surface area contributed by atoms with Crippen molar-refractivity contribution in [3.8, 4) is 0 Å². The lowest BCUT2D eigenvalue weighted by molar-refractivity contribution is -0.141. The number of nitrogens with zero attached hydrogens (tertiary/aromatic N) is 1. The fourth-order valence-electron chi connectivity index (χ4n) is 3.60. The molecular weight excluding hydrogens is 242 g/mol. The molecule has 1 saturated carbocycles. The molecule has 1 atom stereocenters. The van der Waals surface area contributed by atoms with Gasteiger partial charge in [0.25, 0.3) is 0 Å². The Kier molecular flexibility index (Phi) is 3.84. The zero-order valence-corrected chi connectivity index (χ0v) is 11.4. The van der Waals surface area contributed by atoms with E-state index in [2.05, 4.69) is 10.6 Å². The Hall–Kier alpha value is -0.940. The number of likely N-dealkylation sites (tertiary alicyclic amines) is 1. The highest BCUT2D eigenvalue weighted by Crippen LogP contribution is 2.28. The van der Waals surface area contributed by atoms with Crippen LogP contribution in [0.5, 0.6) is 0 Å². The van der Waals surface area contributed by atoms with E-state index in [1.165, 1.54) is 0 Å². The molecule has 2 aliphatic heterocycles. The number of nitrogens with one attached hydrogen (secondary N) is 2. The first kappa shape index (κ1) is 13.1. The maximum Gasteiger partial charge on any atom is 0.247 e. The normalized spacial score (nSPS) is 30.5. The lowest BCUT2D eigenvalue weighted by atomic mass is 10.1. The van der Waals surface area contributed by atoms with Crippen LogP contribution in [-0.2, 0) is 9.59 Å². The zero-order valence-electron chi connectivity index (χ0n) is 11.4. The maximum atomic E-state index is 12.4. The van der Waals surface area contributed by atoms with E-state index in [1.807, 2.05) is 0 Å². The second-order valence-electron chi connectivity index (χ2n) is 5.99. The topological polar surface area (TPSA) is 61.4 Å². The Morgan fingerprint density at radius 2 is 1.74 bits per heavy atom. The molecule has 2 heterocycles. The predicted molar refractivity (Wildman–Crippen MR) is 71.5 cm³/mol. The molecule has 2 saturated heterocycles. The van der Waals surface area contributed by atoms with Crippen molar-refractivity contribution >= 4 is 11.8 Å². The largest absolute Gasteiger partial charge is 0.317 e. The van der Waals surface area contributed by atoms with Gasteiger partial charge in [-0.1, -0.05) is 12.8 Å². The molecule has 0 aromatic heterocycles. The van der Waals surface area contributed by atoms with Crippen LogP contribution in [0.1, 0.15) is 44.9 Å². The van der Waals surface area contributed by atoms with Crippen molar-refractivity contribution in [3.05, 3.63) is 0 Å². The van der Waals surface area contributed by atoms with Gasteiger partial charge < -0.3 is 10.6 Å². The third kappa shape index (κ3) is 2.67. The maximum absolute atomic E-state index is 12.4. The Balaban J connectivity index is 1.61. The highest BCUT2D eigenvalue weighted by atomic mass is 16.2. The van der Waals surface area contributed by atoms with Crippen molar-refractivity contribution in [2.75, 3.05) is 13.1 Å². The molecule has 0 aromatic rings. The quantitative estimate of drug-likeness (QED) is 0.725. The van der Waals surface area contributed by atoms with Crippen molar-refractivity contribution in [1.82, 2.24) is 15.5 Å².